The van der Waals surface area contributed by atoms with Gasteiger partial charge in [-0.1, -0.05) is 12.1 Å². The van der Waals surface area contributed by atoms with Crippen LogP contribution in [-0.4, -0.2) is 16.8 Å². The van der Waals surface area contributed by atoms with Crippen molar-refractivity contribution < 1.29 is 9.59 Å². The van der Waals surface area contributed by atoms with E-state index in [0.29, 0.717) is 16.9 Å². The molecule has 2 aromatic carbocycles. The maximum absolute atomic E-state index is 12.6. The molecular formula is C22H22N4O2. The van der Waals surface area contributed by atoms with Gasteiger partial charge in [-0.25, -0.2) is 0 Å². The Kier molecular flexibility index (Phi) is 5.69. The van der Waals surface area contributed by atoms with Crippen LogP contribution in [-0.2, 0) is 4.79 Å². The molecule has 6 nitrogen and oxygen atoms in total. The minimum absolute atomic E-state index is 0.143. The lowest BCUT2D eigenvalue weighted by Crippen LogP contribution is -2.13. The van der Waals surface area contributed by atoms with E-state index in [9.17, 15) is 9.59 Å². The Labute approximate surface area is 164 Å². The molecule has 1 aromatic heterocycles. The number of rotatable bonds is 5. The predicted octanol–water partition coefficient (Wildman–Crippen LogP) is 4.65. The number of nitrogens with one attached hydrogen (secondary N) is 3. The van der Waals surface area contributed by atoms with Gasteiger partial charge in [-0.05, 0) is 61.4 Å². The van der Waals surface area contributed by atoms with Crippen LogP contribution in [0.25, 0.3) is 0 Å². The molecule has 0 aliphatic rings. The Morgan fingerprint density at radius 3 is 2.21 bits per heavy atom. The van der Waals surface area contributed by atoms with Gasteiger partial charge in [-0.3, -0.25) is 14.6 Å². The van der Waals surface area contributed by atoms with Crippen molar-refractivity contribution in [3.05, 3.63) is 77.6 Å². The van der Waals surface area contributed by atoms with Gasteiger partial charge in [0.05, 0.1) is 17.4 Å². The van der Waals surface area contributed by atoms with E-state index in [4.69, 9.17) is 0 Å². The van der Waals surface area contributed by atoms with Crippen molar-refractivity contribution in [2.45, 2.75) is 20.8 Å². The topological polar surface area (TPSA) is 83.1 Å². The molecule has 142 valence electrons. The van der Waals surface area contributed by atoms with Gasteiger partial charge in [-0.15, -0.1) is 0 Å². The van der Waals surface area contributed by atoms with Crippen LogP contribution in [0.3, 0.4) is 0 Å². The van der Waals surface area contributed by atoms with E-state index < -0.39 is 0 Å². The van der Waals surface area contributed by atoms with E-state index in [2.05, 4.69) is 33.9 Å². The monoisotopic (exact) mass is 374 g/mol. The summed E-state index contributed by atoms with van der Waals surface area (Å²) in [5.41, 5.74) is 5.81. The van der Waals surface area contributed by atoms with Crippen molar-refractivity contribution in [2.75, 3.05) is 16.0 Å². The third kappa shape index (κ3) is 4.73. The zero-order chi connectivity index (χ0) is 20.1. The Morgan fingerprint density at radius 1 is 0.857 bits per heavy atom. The van der Waals surface area contributed by atoms with Gasteiger partial charge >= 0.3 is 0 Å². The summed E-state index contributed by atoms with van der Waals surface area (Å²) in [5, 5.41) is 8.83. The van der Waals surface area contributed by atoms with Gasteiger partial charge < -0.3 is 16.0 Å². The molecule has 6 heteroatoms. The highest BCUT2D eigenvalue weighted by molar-refractivity contribution is 6.04. The number of carbonyl (C=O) groups is 2. The van der Waals surface area contributed by atoms with Gasteiger partial charge in [-0.2, -0.15) is 0 Å². The molecule has 2 amide bonds. The summed E-state index contributed by atoms with van der Waals surface area (Å²) in [7, 11) is 0. The summed E-state index contributed by atoms with van der Waals surface area (Å²) in [6, 6.07) is 14.7. The summed E-state index contributed by atoms with van der Waals surface area (Å²) in [6.45, 7) is 5.55. The highest BCUT2D eigenvalue weighted by atomic mass is 16.2. The second kappa shape index (κ2) is 8.35. The van der Waals surface area contributed by atoms with Crippen molar-refractivity contribution in [2.24, 2.45) is 0 Å². The van der Waals surface area contributed by atoms with E-state index in [-0.39, 0.29) is 11.8 Å². The normalized spacial score (nSPS) is 10.2. The molecule has 0 bridgehead atoms. The van der Waals surface area contributed by atoms with Crippen molar-refractivity contribution in [3.63, 3.8) is 0 Å². The second-order valence-electron chi connectivity index (χ2n) is 6.55. The van der Waals surface area contributed by atoms with Crippen molar-refractivity contribution in [1.82, 2.24) is 4.98 Å². The van der Waals surface area contributed by atoms with E-state index in [1.165, 1.54) is 18.7 Å². The third-order valence-electron chi connectivity index (χ3n) is 4.35. The molecule has 0 fully saturated rings. The molecule has 0 atom stereocenters. The molecule has 3 aromatic rings. The number of anilines is 4. The van der Waals surface area contributed by atoms with Gasteiger partial charge in [0, 0.05) is 30.2 Å². The van der Waals surface area contributed by atoms with E-state index in [1.54, 1.807) is 36.5 Å². The van der Waals surface area contributed by atoms with Crippen molar-refractivity contribution >= 4 is 34.6 Å². The van der Waals surface area contributed by atoms with Crippen LogP contribution in [0.2, 0.25) is 0 Å². The molecule has 1 heterocycles. The van der Waals surface area contributed by atoms with Crippen LogP contribution in [0.15, 0.2) is 60.9 Å². The first kappa shape index (κ1) is 19.1. The van der Waals surface area contributed by atoms with Gasteiger partial charge in [0.25, 0.3) is 5.91 Å². The fourth-order valence-electron chi connectivity index (χ4n) is 2.72. The minimum atomic E-state index is -0.260. The number of amides is 2. The Balaban J connectivity index is 1.71. The first-order chi connectivity index (χ1) is 13.4. The average molecular weight is 374 g/mol. The van der Waals surface area contributed by atoms with Crippen molar-refractivity contribution in [1.29, 1.82) is 0 Å². The van der Waals surface area contributed by atoms with Crippen LogP contribution >= 0.6 is 0 Å². The molecule has 0 saturated carbocycles. The lowest BCUT2D eigenvalue weighted by Gasteiger charge is -2.12. The standard InChI is InChI=1S/C22H22N4O2/c1-14-5-4-6-21(15(14)2)25-20-11-17(12-23-13-20)22(28)26-19-9-7-18(8-10-19)24-16(3)27/h4-13,25H,1-3H3,(H,24,27)(H,26,28). The van der Waals surface area contributed by atoms with E-state index in [1.807, 2.05) is 19.1 Å². The molecule has 3 rings (SSSR count). The van der Waals surface area contributed by atoms with Crippen LogP contribution in [0.4, 0.5) is 22.7 Å². The van der Waals surface area contributed by atoms with Gasteiger partial charge in [0.1, 0.15) is 0 Å². The summed E-state index contributed by atoms with van der Waals surface area (Å²) in [5.74, 6) is -0.402. The van der Waals surface area contributed by atoms with E-state index in [0.717, 1.165) is 16.9 Å². The first-order valence-electron chi connectivity index (χ1n) is 8.89. The number of nitrogens with zero attached hydrogens (tertiary/aromatic N) is 1. The van der Waals surface area contributed by atoms with Crippen LogP contribution in [0, 0.1) is 13.8 Å². The first-order valence-corrected chi connectivity index (χ1v) is 8.89. The zero-order valence-electron chi connectivity index (χ0n) is 16.0. The molecule has 0 aliphatic carbocycles. The number of pyridine rings is 1. The number of hydrogen-bond acceptors (Lipinski definition) is 4. The summed E-state index contributed by atoms with van der Waals surface area (Å²) in [6.07, 6.45) is 3.20. The predicted molar refractivity (Wildman–Crippen MR) is 112 cm³/mol. The van der Waals surface area contributed by atoms with Crippen LogP contribution < -0.4 is 16.0 Å². The number of aromatic nitrogens is 1. The van der Waals surface area contributed by atoms with Gasteiger partial charge in [0.15, 0.2) is 0 Å². The number of carbonyl (C=O) groups excluding carboxylic acids is 2. The molecule has 0 radical (unpaired) electrons. The molecule has 0 unspecified atom stereocenters. The van der Waals surface area contributed by atoms with E-state index >= 15 is 0 Å². The number of benzene rings is 2. The Morgan fingerprint density at radius 2 is 1.54 bits per heavy atom. The van der Waals surface area contributed by atoms with Crippen molar-refractivity contribution in [3.8, 4) is 0 Å². The lowest BCUT2D eigenvalue weighted by atomic mass is 10.1. The zero-order valence-corrected chi connectivity index (χ0v) is 16.0. The fraction of sp³-hybridized carbons (Fsp3) is 0.136. The third-order valence-corrected chi connectivity index (χ3v) is 4.35. The lowest BCUT2D eigenvalue weighted by molar-refractivity contribution is -0.114. The number of aryl methyl sites for hydroxylation is 1. The summed E-state index contributed by atoms with van der Waals surface area (Å²) in [4.78, 5) is 27.8. The summed E-state index contributed by atoms with van der Waals surface area (Å²) < 4.78 is 0. The molecule has 3 N–H and O–H groups in total. The highest BCUT2D eigenvalue weighted by Gasteiger charge is 2.09. The quantitative estimate of drug-likeness (QED) is 0.607. The SMILES string of the molecule is CC(=O)Nc1ccc(NC(=O)c2cncc(Nc3cccc(C)c3C)c2)cc1. The minimum Gasteiger partial charge on any atom is -0.354 e. The Bertz CT molecular complexity index is 1010. The molecule has 0 spiro atoms. The smallest absolute Gasteiger partial charge is 0.257 e. The number of hydrogen-bond donors (Lipinski definition) is 3. The fourth-order valence-corrected chi connectivity index (χ4v) is 2.72. The highest BCUT2D eigenvalue weighted by Crippen LogP contribution is 2.23. The molecule has 0 aliphatic heterocycles. The maximum Gasteiger partial charge on any atom is 0.257 e. The van der Waals surface area contributed by atoms with Gasteiger partial charge in [0.2, 0.25) is 5.91 Å². The molecule has 0 saturated heterocycles. The average Bonchev–Trinajstić information content (AvgIpc) is 2.67. The maximum atomic E-state index is 12.6. The largest absolute Gasteiger partial charge is 0.354 e. The van der Waals surface area contributed by atoms with Crippen LogP contribution in [0.1, 0.15) is 28.4 Å². The summed E-state index contributed by atoms with van der Waals surface area (Å²) >= 11 is 0. The van der Waals surface area contributed by atoms with Crippen LogP contribution in [0.5, 0.6) is 0 Å². The Hall–Kier alpha value is -3.67. The molecular weight excluding hydrogens is 352 g/mol. The molecule has 28 heavy (non-hydrogen) atoms. The second-order valence-corrected chi connectivity index (χ2v) is 6.55.